The zero-order chi connectivity index (χ0) is 28.8. The molecule has 0 bridgehead atoms. The van der Waals surface area contributed by atoms with Gasteiger partial charge in [0, 0.05) is 32.2 Å². The molecule has 0 fully saturated rings. The molecule has 0 spiro atoms. The molecule has 0 atom stereocenters. The van der Waals surface area contributed by atoms with Gasteiger partial charge in [0.15, 0.2) is 5.13 Å². The number of halogens is 4. The van der Waals surface area contributed by atoms with Crippen LogP contribution >= 0.6 is 73.1 Å². The first-order valence-corrected chi connectivity index (χ1v) is 15.6. The van der Waals surface area contributed by atoms with Crippen LogP contribution in [0.2, 0.25) is 10.0 Å². The molecule has 5 rings (SSSR count). The number of thiazole rings is 1. The third kappa shape index (κ3) is 8.08. The van der Waals surface area contributed by atoms with Gasteiger partial charge in [0.25, 0.3) is 5.91 Å². The lowest BCUT2D eigenvalue weighted by Crippen LogP contribution is -2.17. The Balaban J connectivity index is 1.16. The van der Waals surface area contributed by atoms with Gasteiger partial charge in [0.05, 0.1) is 20.0 Å². The summed E-state index contributed by atoms with van der Waals surface area (Å²) in [4.78, 5) is 17.3. The zero-order valence-corrected chi connectivity index (χ0v) is 27.1. The van der Waals surface area contributed by atoms with E-state index in [0.717, 1.165) is 47.0 Å². The van der Waals surface area contributed by atoms with Crippen molar-refractivity contribution in [3.8, 4) is 17.0 Å². The summed E-state index contributed by atoms with van der Waals surface area (Å²) in [6.45, 7) is 0.415. The van der Waals surface area contributed by atoms with Crippen molar-refractivity contribution in [2.45, 2.75) is 6.61 Å². The molecule has 41 heavy (non-hydrogen) atoms. The number of nitrogens with one attached hydrogen (secondary N) is 2. The maximum Gasteiger partial charge on any atom is 0.271 e. The largest absolute Gasteiger partial charge is 0.487 e. The number of ether oxygens (including phenoxy) is 1. The molecule has 0 unspecified atom stereocenters. The second-order valence-corrected chi connectivity index (χ2v) is 12.4. The fourth-order valence-electron chi connectivity index (χ4n) is 3.67. The summed E-state index contributed by atoms with van der Waals surface area (Å²) in [5, 5.41) is 11.5. The Hall–Kier alpha value is -2.96. The fraction of sp³-hybridized carbons (Fsp3) is 0.0333. The molecule has 0 saturated carbocycles. The summed E-state index contributed by atoms with van der Waals surface area (Å²) in [5.41, 5.74) is 7.52. The molecule has 1 heterocycles. The van der Waals surface area contributed by atoms with Gasteiger partial charge < -0.3 is 10.1 Å². The molecular formula is C30H20BrCl2IN4O2S. The van der Waals surface area contributed by atoms with E-state index >= 15 is 0 Å². The topological polar surface area (TPSA) is 75.6 Å². The number of aromatic nitrogens is 1. The Kier molecular flexibility index (Phi) is 9.94. The molecule has 11 heteroatoms. The van der Waals surface area contributed by atoms with Gasteiger partial charge in [0.2, 0.25) is 0 Å². The number of nitrogens with zero attached hydrogens (tertiary/aromatic N) is 2. The predicted molar refractivity (Wildman–Crippen MR) is 180 cm³/mol. The van der Waals surface area contributed by atoms with E-state index in [0.29, 0.717) is 22.2 Å². The van der Waals surface area contributed by atoms with Gasteiger partial charge in [-0.15, -0.1) is 11.3 Å². The van der Waals surface area contributed by atoms with Gasteiger partial charge in [-0.25, -0.2) is 10.4 Å². The lowest BCUT2D eigenvalue weighted by molar-refractivity contribution is 0.0955. The Labute approximate surface area is 273 Å². The maximum absolute atomic E-state index is 12.6. The number of hydrogen-bond donors (Lipinski definition) is 2. The van der Waals surface area contributed by atoms with E-state index in [1.807, 2.05) is 78.2 Å². The molecule has 6 nitrogen and oxygen atoms in total. The van der Waals surface area contributed by atoms with Crippen molar-refractivity contribution in [1.29, 1.82) is 0 Å². The minimum atomic E-state index is -0.312. The number of hydrazone groups is 1. The molecule has 0 radical (unpaired) electrons. The standard InChI is InChI=1S/C30H20BrCl2IN4O2S/c31-25-13-19(14-26(34)28(25)40-16-18-1-7-22(32)8-2-18)15-35-38-29(39)21-5-3-20(4-6-21)27-17-41-30(37-27)36-24-11-9-23(33)10-12-24/h1-15,17H,16H2,(H,36,37)(H,38,39)/b35-15-. The van der Waals surface area contributed by atoms with Crippen LogP contribution in [-0.4, -0.2) is 17.1 Å². The number of anilines is 2. The first kappa shape index (κ1) is 29.5. The van der Waals surface area contributed by atoms with Crippen molar-refractivity contribution < 1.29 is 9.53 Å². The Morgan fingerprint density at radius 2 is 1.68 bits per heavy atom. The van der Waals surface area contributed by atoms with Gasteiger partial charge in [-0.3, -0.25) is 4.79 Å². The Morgan fingerprint density at radius 1 is 1.00 bits per heavy atom. The molecule has 206 valence electrons. The molecule has 0 aliphatic carbocycles. The highest BCUT2D eigenvalue weighted by molar-refractivity contribution is 14.1. The van der Waals surface area contributed by atoms with Crippen molar-refractivity contribution in [1.82, 2.24) is 10.4 Å². The van der Waals surface area contributed by atoms with Crippen LogP contribution in [-0.2, 0) is 6.61 Å². The van der Waals surface area contributed by atoms with E-state index in [4.69, 9.17) is 27.9 Å². The van der Waals surface area contributed by atoms with Gasteiger partial charge in [-0.1, -0.05) is 47.5 Å². The van der Waals surface area contributed by atoms with Crippen LogP contribution in [0.15, 0.2) is 99.9 Å². The molecule has 1 amide bonds. The van der Waals surface area contributed by atoms with E-state index in [1.54, 1.807) is 18.3 Å². The summed E-state index contributed by atoms with van der Waals surface area (Å²) < 4.78 is 7.69. The third-order valence-corrected chi connectivity index (χ3v) is 8.39. The number of carbonyl (C=O) groups excluding carboxylic acids is 1. The second kappa shape index (κ2) is 13.8. The van der Waals surface area contributed by atoms with Crippen LogP contribution in [0.4, 0.5) is 10.8 Å². The van der Waals surface area contributed by atoms with Crippen molar-refractivity contribution in [2.75, 3.05) is 5.32 Å². The third-order valence-electron chi connectivity index (χ3n) is 5.74. The van der Waals surface area contributed by atoms with Gasteiger partial charge in [-0.05, 0) is 110 Å². The summed E-state index contributed by atoms with van der Waals surface area (Å²) in [6, 6.07) is 26.0. The highest BCUT2D eigenvalue weighted by atomic mass is 127. The predicted octanol–water partition coefficient (Wildman–Crippen LogP) is 9.57. The number of amides is 1. The Morgan fingerprint density at radius 3 is 2.37 bits per heavy atom. The van der Waals surface area contributed by atoms with Crippen molar-refractivity contribution in [3.63, 3.8) is 0 Å². The molecular weight excluding hydrogens is 758 g/mol. The number of carbonyl (C=O) groups is 1. The molecule has 4 aromatic carbocycles. The first-order chi connectivity index (χ1) is 19.8. The van der Waals surface area contributed by atoms with Crippen molar-refractivity contribution in [2.24, 2.45) is 5.10 Å². The van der Waals surface area contributed by atoms with Crippen LogP contribution < -0.4 is 15.5 Å². The minimum absolute atomic E-state index is 0.312. The van der Waals surface area contributed by atoms with Gasteiger partial charge in [-0.2, -0.15) is 5.10 Å². The summed E-state index contributed by atoms with van der Waals surface area (Å²) in [6.07, 6.45) is 1.59. The van der Waals surface area contributed by atoms with Gasteiger partial charge in [0.1, 0.15) is 12.4 Å². The van der Waals surface area contributed by atoms with E-state index in [-0.39, 0.29) is 5.91 Å². The molecule has 0 saturated heterocycles. The SMILES string of the molecule is O=C(N/N=C\c1cc(Br)c(OCc2ccc(Cl)cc2)c(I)c1)c1ccc(-c2csc(Nc3ccc(Cl)cc3)n2)cc1. The highest BCUT2D eigenvalue weighted by Gasteiger charge is 2.11. The quantitative estimate of drug-likeness (QED) is 0.0889. The normalized spacial score (nSPS) is 11.0. The molecule has 2 N–H and O–H groups in total. The lowest BCUT2D eigenvalue weighted by Gasteiger charge is -2.11. The smallest absolute Gasteiger partial charge is 0.271 e. The van der Waals surface area contributed by atoms with Crippen LogP contribution in [0.1, 0.15) is 21.5 Å². The van der Waals surface area contributed by atoms with E-state index in [9.17, 15) is 4.79 Å². The molecule has 0 aliphatic rings. The monoisotopic (exact) mass is 776 g/mol. The van der Waals surface area contributed by atoms with Gasteiger partial charge >= 0.3 is 0 Å². The summed E-state index contributed by atoms with van der Waals surface area (Å²) in [7, 11) is 0. The van der Waals surface area contributed by atoms with E-state index in [1.165, 1.54) is 11.3 Å². The number of rotatable bonds is 9. The molecule has 5 aromatic rings. The Bertz CT molecular complexity index is 1670. The zero-order valence-electron chi connectivity index (χ0n) is 21.1. The summed E-state index contributed by atoms with van der Waals surface area (Å²) in [5.74, 6) is 0.419. The average Bonchev–Trinajstić information content (AvgIpc) is 3.43. The molecule has 0 aliphatic heterocycles. The fourth-order valence-corrected chi connectivity index (χ4v) is 6.43. The number of hydrogen-bond acceptors (Lipinski definition) is 6. The first-order valence-electron chi connectivity index (χ1n) is 12.1. The van der Waals surface area contributed by atoms with Crippen LogP contribution in [0.3, 0.4) is 0 Å². The van der Waals surface area contributed by atoms with Crippen molar-refractivity contribution >= 4 is 96.0 Å². The maximum atomic E-state index is 12.6. The minimum Gasteiger partial charge on any atom is -0.487 e. The van der Waals surface area contributed by atoms with E-state index in [2.05, 4.69) is 59.3 Å². The molecule has 1 aromatic heterocycles. The highest BCUT2D eigenvalue weighted by Crippen LogP contribution is 2.32. The van der Waals surface area contributed by atoms with Crippen molar-refractivity contribution in [3.05, 3.63) is 125 Å². The van der Waals surface area contributed by atoms with Crippen LogP contribution in [0.25, 0.3) is 11.3 Å². The second-order valence-electron chi connectivity index (χ2n) is 8.68. The number of benzene rings is 4. The van der Waals surface area contributed by atoms with E-state index < -0.39 is 0 Å². The van der Waals surface area contributed by atoms with Crippen LogP contribution in [0.5, 0.6) is 5.75 Å². The lowest BCUT2D eigenvalue weighted by atomic mass is 10.1. The average molecular weight is 778 g/mol. The summed E-state index contributed by atoms with van der Waals surface area (Å²) >= 11 is 19.2. The van der Waals surface area contributed by atoms with Crippen LogP contribution in [0, 0.1) is 3.57 Å².